The van der Waals surface area contributed by atoms with Crippen molar-refractivity contribution in [2.75, 3.05) is 6.54 Å². The van der Waals surface area contributed by atoms with Crippen LogP contribution in [0, 0.1) is 6.92 Å². The van der Waals surface area contributed by atoms with Crippen LogP contribution in [-0.2, 0) is 19.5 Å². The number of aromatic amines is 2. The van der Waals surface area contributed by atoms with Gasteiger partial charge in [0.05, 0.1) is 5.69 Å². The lowest BCUT2D eigenvalue weighted by molar-refractivity contribution is 0.241. The Hall–Kier alpha value is -3.25. The monoisotopic (exact) mass is 371 g/mol. The molecule has 0 atom stereocenters. The summed E-state index contributed by atoms with van der Waals surface area (Å²) in [6.07, 6.45) is 6.23. The van der Waals surface area contributed by atoms with Gasteiger partial charge in [-0.3, -0.25) is 14.7 Å². The minimum Gasteiger partial charge on any atom is -0.361 e. The summed E-state index contributed by atoms with van der Waals surface area (Å²) in [5, 5.41) is 1.27. The van der Waals surface area contributed by atoms with E-state index in [1.807, 2.05) is 12.1 Å². The van der Waals surface area contributed by atoms with Crippen molar-refractivity contribution in [3.8, 4) is 11.4 Å². The van der Waals surface area contributed by atoms with Gasteiger partial charge in [0.1, 0.15) is 5.82 Å². The number of rotatable bonds is 3. The summed E-state index contributed by atoms with van der Waals surface area (Å²) < 4.78 is 0. The number of fused-ring (bicyclic) bond motifs is 2. The predicted molar refractivity (Wildman–Crippen MR) is 109 cm³/mol. The van der Waals surface area contributed by atoms with Gasteiger partial charge in [0.15, 0.2) is 0 Å². The van der Waals surface area contributed by atoms with Crippen molar-refractivity contribution in [2.45, 2.75) is 26.4 Å². The molecule has 5 rings (SSSR count). The maximum absolute atomic E-state index is 12.6. The normalized spacial score (nSPS) is 14.3. The van der Waals surface area contributed by atoms with Gasteiger partial charge in [-0.1, -0.05) is 11.6 Å². The SMILES string of the molecule is Cc1ccc2[nH]cc(CN3CCc4c(nc(-c5ccncc5)[nH]c4=O)C3)c2c1. The first-order chi connectivity index (χ1) is 13.7. The molecule has 0 bridgehead atoms. The molecule has 6 heteroatoms. The van der Waals surface area contributed by atoms with Gasteiger partial charge in [-0.25, -0.2) is 4.98 Å². The molecule has 0 saturated carbocycles. The largest absolute Gasteiger partial charge is 0.361 e. The molecule has 0 spiro atoms. The zero-order chi connectivity index (χ0) is 19.1. The van der Waals surface area contributed by atoms with Crippen LogP contribution in [0.3, 0.4) is 0 Å². The summed E-state index contributed by atoms with van der Waals surface area (Å²) in [4.78, 5) is 30.0. The first kappa shape index (κ1) is 16.9. The van der Waals surface area contributed by atoms with Crippen molar-refractivity contribution >= 4 is 10.9 Å². The van der Waals surface area contributed by atoms with Crippen LogP contribution in [0.2, 0.25) is 0 Å². The third kappa shape index (κ3) is 3.01. The van der Waals surface area contributed by atoms with Crippen LogP contribution in [0.25, 0.3) is 22.3 Å². The third-order valence-electron chi connectivity index (χ3n) is 5.42. The Kier molecular flexibility index (Phi) is 4.06. The Morgan fingerprint density at radius 3 is 2.89 bits per heavy atom. The first-order valence-corrected chi connectivity index (χ1v) is 9.49. The number of benzene rings is 1. The van der Waals surface area contributed by atoms with Crippen LogP contribution in [0.4, 0.5) is 0 Å². The number of H-pyrrole nitrogens is 2. The van der Waals surface area contributed by atoms with E-state index in [0.29, 0.717) is 12.4 Å². The van der Waals surface area contributed by atoms with E-state index in [0.717, 1.165) is 41.8 Å². The fraction of sp³-hybridized carbons (Fsp3) is 0.227. The van der Waals surface area contributed by atoms with Crippen molar-refractivity contribution in [1.82, 2.24) is 24.8 Å². The van der Waals surface area contributed by atoms with Crippen molar-refractivity contribution in [2.24, 2.45) is 0 Å². The van der Waals surface area contributed by atoms with Gasteiger partial charge in [0.2, 0.25) is 0 Å². The highest BCUT2D eigenvalue weighted by molar-refractivity contribution is 5.83. The quantitative estimate of drug-likeness (QED) is 0.580. The van der Waals surface area contributed by atoms with E-state index in [1.165, 1.54) is 16.5 Å². The van der Waals surface area contributed by atoms with Crippen molar-refractivity contribution in [3.63, 3.8) is 0 Å². The maximum atomic E-state index is 12.6. The molecule has 6 nitrogen and oxygen atoms in total. The molecule has 0 aliphatic carbocycles. The zero-order valence-electron chi connectivity index (χ0n) is 15.7. The zero-order valence-corrected chi connectivity index (χ0v) is 15.7. The van der Waals surface area contributed by atoms with Crippen LogP contribution in [0.5, 0.6) is 0 Å². The standard InChI is InChI=1S/C22H21N5O/c1-14-2-3-19-18(10-14)16(11-24-19)12-27-9-6-17-20(13-27)25-21(26-22(17)28)15-4-7-23-8-5-15/h2-5,7-8,10-11,24H,6,9,12-13H2,1H3,(H,25,26,28). The Labute approximate surface area is 162 Å². The number of nitrogens with one attached hydrogen (secondary N) is 2. The summed E-state index contributed by atoms with van der Waals surface area (Å²) >= 11 is 0. The number of hydrogen-bond acceptors (Lipinski definition) is 4. The summed E-state index contributed by atoms with van der Waals surface area (Å²) in [6.45, 7) is 4.48. The second kappa shape index (κ2) is 6.73. The van der Waals surface area contributed by atoms with Gasteiger partial charge in [0, 0.05) is 60.3 Å². The Bertz CT molecular complexity index is 1210. The molecule has 0 saturated heterocycles. The average Bonchev–Trinajstić information content (AvgIpc) is 3.10. The topological polar surface area (TPSA) is 77.7 Å². The number of aryl methyl sites for hydroxylation is 1. The summed E-state index contributed by atoms with van der Waals surface area (Å²) in [5.41, 5.74) is 6.22. The summed E-state index contributed by atoms with van der Waals surface area (Å²) in [7, 11) is 0. The molecule has 1 aliphatic heterocycles. The number of hydrogen-bond donors (Lipinski definition) is 2. The van der Waals surface area contributed by atoms with E-state index in [2.05, 4.69) is 51.2 Å². The fourth-order valence-corrected chi connectivity index (χ4v) is 3.94. The molecular formula is C22H21N5O. The second-order valence-corrected chi connectivity index (χ2v) is 7.40. The number of aromatic nitrogens is 4. The van der Waals surface area contributed by atoms with Crippen molar-refractivity contribution < 1.29 is 0 Å². The van der Waals surface area contributed by atoms with E-state index in [-0.39, 0.29) is 5.56 Å². The molecule has 1 aromatic carbocycles. The molecule has 28 heavy (non-hydrogen) atoms. The molecule has 4 aromatic rings. The van der Waals surface area contributed by atoms with E-state index in [4.69, 9.17) is 4.98 Å². The predicted octanol–water partition coefficient (Wildman–Crippen LogP) is 3.18. The van der Waals surface area contributed by atoms with Crippen LogP contribution < -0.4 is 5.56 Å². The van der Waals surface area contributed by atoms with Gasteiger partial charge in [-0.05, 0) is 43.2 Å². The van der Waals surface area contributed by atoms with Crippen LogP contribution >= 0.6 is 0 Å². The first-order valence-electron chi connectivity index (χ1n) is 9.49. The van der Waals surface area contributed by atoms with Gasteiger partial charge in [0.25, 0.3) is 5.56 Å². The van der Waals surface area contributed by atoms with Gasteiger partial charge >= 0.3 is 0 Å². The lowest BCUT2D eigenvalue weighted by atomic mass is 10.0. The van der Waals surface area contributed by atoms with Gasteiger partial charge in [-0.2, -0.15) is 0 Å². The maximum Gasteiger partial charge on any atom is 0.254 e. The molecule has 0 fully saturated rings. The molecule has 0 unspecified atom stereocenters. The fourth-order valence-electron chi connectivity index (χ4n) is 3.94. The Balaban J connectivity index is 1.45. The van der Waals surface area contributed by atoms with Gasteiger partial charge < -0.3 is 9.97 Å². The van der Waals surface area contributed by atoms with Gasteiger partial charge in [-0.15, -0.1) is 0 Å². The molecule has 0 amide bonds. The van der Waals surface area contributed by atoms with Crippen LogP contribution in [0.15, 0.2) is 53.7 Å². The van der Waals surface area contributed by atoms with E-state index < -0.39 is 0 Å². The minimum absolute atomic E-state index is 0.0285. The molecule has 2 N–H and O–H groups in total. The molecule has 1 aliphatic rings. The minimum atomic E-state index is -0.0285. The summed E-state index contributed by atoms with van der Waals surface area (Å²) in [5.74, 6) is 0.607. The number of nitrogens with zero attached hydrogens (tertiary/aromatic N) is 3. The molecule has 4 heterocycles. The second-order valence-electron chi connectivity index (χ2n) is 7.40. The van der Waals surface area contributed by atoms with Crippen LogP contribution in [0.1, 0.15) is 22.4 Å². The van der Waals surface area contributed by atoms with E-state index >= 15 is 0 Å². The molecule has 3 aromatic heterocycles. The lowest BCUT2D eigenvalue weighted by Crippen LogP contribution is -2.35. The van der Waals surface area contributed by atoms with E-state index in [1.54, 1.807) is 12.4 Å². The smallest absolute Gasteiger partial charge is 0.254 e. The van der Waals surface area contributed by atoms with E-state index in [9.17, 15) is 4.79 Å². The van der Waals surface area contributed by atoms with Crippen molar-refractivity contribution in [1.29, 1.82) is 0 Å². The molecule has 0 radical (unpaired) electrons. The third-order valence-corrected chi connectivity index (χ3v) is 5.42. The Morgan fingerprint density at radius 2 is 2.04 bits per heavy atom. The molecular weight excluding hydrogens is 350 g/mol. The average molecular weight is 371 g/mol. The molecule has 140 valence electrons. The highest BCUT2D eigenvalue weighted by atomic mass is 16.1. The lowest BCUT2D eigenvalue weighted by Gasteiger charge is -2.27. The van der Waals surface area contributed by atoms with Crippen LogP contribution in [-0.4, -0.2) is 31.4 Å². The number of pyridine rings is 1. The Morgan fingerprint density at radius 1 is 1.18 bits per heavy atom. The highest BCUT2D eigenvalue weighted by Crippen LogP contribution is 2.24. The highest BCUT2D eigenvalue weighted by Gasteiger charge is 2.22. The summed E-state index contributed by atoms with van der Waals surface area (Å²) in [6, 6.07) is 10.2. The van der Waals surface area contributed by atoms with Crippen molar-refractivity contribution in [3.05, 3.63) is 81.7 Å².